The fourth-order valence-electron chi connectivity index (χ4n) is 2.09. The quantitative estimate of drug-likeness (QED) is 0.793. The molecule has 1 aliphatic heterocycles. The van der Waals surface area contributed by atoms with Crippen molar-refractivity contribution in [2.45, 2.75) is 32.6 Å². The first-order valence-corrected chi connectivity index (χ1v) is 5.75. The molecule has 1 fully saturated rings. The van der Waals surface area contributed by atoms with Crippen LogP contribution in [-0.2, 0) is 16.1 Å². The van der Waals surface area contributed by atoms with Gasteiger partial charge in [-0.15, -0.1) is 0 Å². The highest BCUT2D eigenvalue weighted by atomic mass is 16.5. The van der Waals surface area contributed by atoms with Crippen molar-refractivity contribution in [3.63, 3.8) is 0 Å². The lowest BCUT2D eigenvalue weighted by Crippen LogP contribution is -2.49. The second-order valence-corrected chi connectivity index (χ2v) is 4.53. The van der Waals surface area contributed by atoms with Crippen molar-refractivity contribution in [2.75, 3.05) is 18.8 Å². The van der Waals surface area contributed by atoms with E-state index in [1.165, 1.54) is 6.20 Å². The number of amides is 1. The molecular weight excluding hydrogens is 220 g/mol. The number of hydrogen-bond donors (Lipinski definition) is 1. The summed E-state index contributed by atoms with van der Waals surface area (Å²) in [4.78, 5) is 13.9. The zero-order valence-electron chi connectivity index (χ0n) is 10.2. The molecule has 1 saturated heterocycles. The first-order chi connectivity index (χ1) is 8.04. The maximum absolute atomic E-state index is 12.0. The zero-order valence-corrected chi connectivity index (χ0v) is 10.2. The van der Waals surface area contributed by atoms with E-state index in [1.807, 2.05) is 18.7 Å². The molecule has 1 amide bonds. The van der Waals surface area contributed by atoms with Gasteiger partial charge in [-0.3, -0.25) is 9.48 Å². The van der Waals surface area contributed by atoms with Crippen LogP contribution in [0.25, 0.3) is 0 Å². The summed E-state index contributed by atoms with van der Waals surface area (Å²) in [5, 5.41) is 4.00. The van der Waals surface area contributed by atoms with Crippen LogP contribution in [0, 0.1) is 0 Å². The second kappa shape index (κ2) is 4.75. The number of carbonyl (C=O) groups is 1. The molecule has 2 rings (SSSR count). The Labute approximate surface area is 100 Å². The van der Waals surface area contributed by atoms with Crippen molar-refractivity contribution in [1.82, 2.24) is 14.7 Å². The van der Waals surface area contributed by atoms with Gasteiger partial charge < -0.3 is 15.4 Å². The Hall–Kier alpha value is -1.56. The Kier molecular flexibility index (Phi) is 3.33. The molecule has 2 N–H and O–H groups in total. The number of morpholine rings is 1. The van der Waals surface area contributed by atoms with E-state index in [-0.39, 0.29) is 24.7 Å². The van der Waals surface area contributed by atoms with Crippen molar-refractivity contribution >= 4 is 11.6 Å². The standard InChI is InChI=1S/C11H18N4O2/c1-8-4-14(5-9(2)17-8)11(16)7-15-6-10(12)3-13-15/h3,6,8-9H,4-5,7,12H2,1-2H3/t8-,9-/m0/s1. The van der Waals surface area contributed by atoms with Crippen molar-refractivity contribution < 1.29 is 9.53 Å². The normalized spacial score (nSPS) is 24.9. The molecule has 2 heterocycles. The first kappa shape index (κ1) is 11.9. The van der Waals surface area contributed by atoms with Gasteiger partial charge in [0.05, 0.1) is 24.1 Å². The zero-order chi connectivity index (χ0) is 12.4. The monoisotopic (exact) mass is 238 g/mol. The number of nitrogen functional groups attached to an aromatic ring is 1. The second-order valence-electron chi connectivity index (χ2n) is 4.53. The number of aromatic nitrogens is 2. The summed E-state index contributed by atoms with van der Waals surface area (Å²) in [6.07, 6.45) is 3.37. The number of carbonyl (C=O) groups excluding carboxylic acids is 1. The molecule has 0 aromatic carbocycles. The van der Waals surface area contributed by atoms with E-state index in [0.29, 0.717) is 18.8 Å². The minimum atomic E-state index is 0.0510. The molecule has 1 aliphatic rings. The Bertz CT molecular complexity index is 394. The van der Waals surface area contributed by atoms with Crippen molar-refractivity contribution in [1.29, 1.82) is 0 Å². The first-order valence-electron chi connectivity index (χ1n) is 5.75. The van der Waals surface area contributed by atoms with E-state index >= 15 is 0 Å². The van der Waals surface area contributed by atoms with Crippen LogP contribution in [0.1, 0.15) is 13.8 Å². The Morgan fingerprint density at radius 3 is 2.71 bits per heavy atom. The molecule has 0 aliphatic carbocycles. The highest BCUT2D eigenvalue weighted by molar-refractivity contribution is 5.76. The smallest absolute Gasteiger partial charge is 0.244 e. The third-order valence-electron chi connectivity index (χ3n) is 2.72. The summed E-state index contributed by atoms with van der Waals surface area (Å²) in [6.45, 7) is 5.46. The average Bonchev–Trinajstić information content (AvgIpc) is 2.62. The Morgan fingerprint density at radius 1 is 1.53 bits per heavy atom. The number of nitrogens with two attached hydrogens (primary N) is 1. The molecule has 1 aromatic rings. The van der Waals surface area contributed by atoms with Gasteiger partial charge in [0.2, 0.25) is 5.91 Å². The lowest BCUT2D eigenvalue weighted by molar-refractivity contribution is -0.144. The minimum Gasteiger partial charge on any atom is -0.396 e. The summed E-state index contributed by atoms with van der Waals surface area (Å²) >= 11 is 0. The predicted octanol–water partition coefficient (Wildman–Crippen LogP) is 0.101. The van der Waals surface area contributed by atoms with Gasteiger partial charge >= 0.3 is 0 Å². The third kappa shape index (κ3) is 2.97. The van der Waals surface area contributed by atoms with Crippen molar-refractivity contribution in [3.8, 4) is 0 Å². The van der Waals surface area contributed by atoms with Crippen LogP contribution in [-0.4, -0.2) is 45.9 Å². The van der Waals surface area contributed by atoms with Gasteiger partial charge in [-0.05, 0) is 13.8 Å². The topological polar surface area (TPSA) is 73.4 Å². The molecule has 94 valence electrons. The van der Waals surface area contributed by atoms with Crippen molar-refractivity contribution in [3.05, 3.63) is 12.4 Å². The average molecular weight is 238 g/mol. The van der Waals surface area contributed by atoms with Crippen molar-refractivity contribution in [2.24, 2.45) is 0 Å². The van der Waals surface area contributed by atoms with E-state index in [9.17, 15) is 4.79 Å². The summed E-state index contributed by atoms with van der Waals surface area (Å²) in [6, 6.07) is 0. The van der Waals surface area contributed by atoms with Gasteiger partial charge in [-0.1, -0.05) is 0 Å². The fraction of sp³-hybridized carbons (Fsp3) is 0.636. The van der Waals surface area contributed by atoms with Gasteiger partial charge in [0.25, 0.3) is 0 Å². The maximum Gasteiger partial charge on any atom is 0.244 e. The molecule has 1 aromatic heterocycles. The Balaban J connectivity index is 1.95. The highest BCUT2D eigenvalue weighted by Crippen LogP contribution is 2.11. The van der Waals surface area contributed by atoms with E-state index in [4.69, 9.17) is 10.5 Å². The maximum atomic E-state index is 12.0. The number of nitrogens with zero attached hydrogens (tertiary/aromatic N) is 3. The third-order valence-corrected chi connectivity index (χ3v) is 2.72. The van der Waals surface area contributed by atoms with E-state index < -0.39 is 0 Å². The summed E-state index contributed by atoms with van der Waals surface area (Å²) in [5.41, 5.74) is 6.12. The summed E-state index contributed by atoms with van der Waals surface area (Å²) < 4.78 is 7.14. The summed E-state index contributed by atoms with van der Waals surface area (Å²) in [7, 11) is 0. The largest absolute Gasteiger partial charge is 0.396 e. The molecule has 0 unspecified atom stereocenters. The predicted molar refractivity (Wildman–Crippen MR) is 63.2 cm³/mol. The van der Waals surface area contributed by atoms with E-state index in [0.717, 1.165) is 0 Å². The van der Waals surface area contributed by atoms with Gasteiger partial charge in [0, 0.05) is 19.3 Å². The van der Waals surface area contributed by atoms with Gasteiger partial charge in [-0.2, -0.15) is 5.10 Å². The lowest BCUT2D eigenvalue weighted by Gasteiger charge is -2.35. The fourth-order valence-corrected chi connectivity index (χ4v) is 2.09. The molecule has 6 nitrogen and oxygen atoms in total. The number of anilines is 1. The molecule has 2 atom stereocenters. The van der Waals surface area contributed by atoms with Gasteiger partial charge in [0.15, 0.2) is 0 Å². The van der Waals surface area contributed by atoms with Crippen LogP contribution in [0.4, 0.5) is 5.69 Å². The van der Waals surface area contributed by atoms with E-state index in [1.54, 1.807) is 10.9 Å². The molecular formula is C11H18N4O2. The van der Waals surface area contributed by atoms with Gasteiger partial charge in [-0.25, -0.2) is 0 Å². The molecule has 0 saturated carbocycles. The Morgan fingerprint density at radius 2 is 2.18 bits per heavy atom. The minimum absolute atomic E-state index is 0.0510. The van der Waals surface area contributed by atoms with Gasteiger partial charge in [0.1, 0.15) is 6.54 Å². The van der Waals surface area contributed by atoms with Crippen LogP contribution in [0.2, 0.25) is 0 Å². The molecule has 0 bridgehead atoms. The van der Waals surface area contributed by atoms with Crippen LogP contribution in [0.15, 0.2) is 12.4 Å². The summed E-state index contributed by atoms with van der Waals surface area (Å²) in [5.74, 6) is 0.0510. The number of ether oxygens (including phenoxy) is 1. The molecule has 6 heteroatoms. The van der Waals surface area contributed by atoms with Crippen LogP contribution in [0.3, 0.4) is 0 Å². The van der Waals surface area contributed by atoms with E-state index in [2.05, 4.69) is 5.10 Å². The SMILES string of the molecule is C[C@H]1CN(C(=O)Cn2cc(N)cn2)C[C@H](C)O1. The lowest BCUT2D eigenvalue weighted by atomic mass is 10.2. The number of rotatable bonds is 2. The molecule has 0 spiro atoms. The molecule has 0 radical (unpaired) electrons. The highest BCUT2D eigenvalue weighted by Gasteiger charge is 2.25. The number of hydrogen-bond acceptors (Lipinski definition) is 4. The van der Waals surface area contributed by atoms with Crippen LogP contribution in [0.5, 0.6) is 0 Å². The van der Waals surface area contributed by atoms with Crippen LogP contribution < -0.4 is 5.73 Å². The van der Waals surface area contributed by atoms with Crippen LogP contribution >= 0.6 is 0 Å². The molecule has 17 heavy (non-hydrogen) atoms.